The molecule has 0 aliphatic carbocycles. The second-order valence-electron chi connectivity index (χ2n) is 30.9. The summed E-state index contributed by atoms with van der Waals surface area (Å²) in [6.45, 7) is 4.96. The van der Waals surface area contributed by atoms with Gasteiger partial charge < -0.3 is 28.5 Å². The predicted molar refractivity (Wildman–Crippen MR) is 415 cm³/mol. The van der Waals surface area contributed by atoms with Crippen molar-refractivity contribution < 1.29 is 42.9 Å². The summed E-state index contributed by atoms with van der Waals surface area (Å²) in [6, 6.07) is 0. The zero-order valence-electron chi connectivity index (χ0n) is 65.3. The minimum Gasteiger partial charge on any atom is -0.477 e. The van der Waals surface area contributed by atoms with Gasteiger partial charge in [-0.05, 0) is 44.9 Å². The van der Waals surface area contributed by atoms with Crippen LogP contribution in [0.4, 0.5) is 0 Å². The summed E-state index contributed by atoms with van der Waals surface area (Å²) in [7, 11) is 6.00. The number of carboxylic acids is 1. The highest BCUT2D eigenvalue weighted by Gasteiger charge is 2.25. The third kappa shape index (κ3) is 79.1. The molecule has 0 aliphatic rings. The number of nitrogens with zero attached hydrogens (tertiary/aromatic N) is 1. The molecule has 2 unspecified atom stereocenters. The molecule has 0 aromatic heterocycles. The molecule has 1 N–H and O–H groups in total. The van der Waals surface area contributed by atoms with Gasteiger partial charge in [-0.3, -0.25) is 9.59 Å². The first-order chi connectivity index (χ1) is 47.1. The molecule has 0 radical (unpaired) electrons. The summed E-state index contributed by atoms with van der Waals surface area (Å²) in [5, 5.41) is 9.78. The molecule has 0 saturated carbocycles. The van der Waals surface area contributed by atoms with E-state index in [1.54, 1.807) is 0 Å². The first-order valence-electron chi connectivity index (χ1n) is 43.0. The van der Waals surface area contributed by atoms with E-state index >= 15 is 0 Å². The van der Waals surface area contributed by atoms with Gasteiger partial charge in [-0.15, -0.1) is 0 Å². The summed E-state index contributed by atoms with van der Waals surface area (Å²) < 4.78 is 23.1. The molecule has 0 heterocycles. The summed E-state index contributed by atoms with van der Waals surface area (Å²) in [4.78, 5) is 37.8. The second kappa shape index (κ2) is 78.5. The molecule has 0 rings (SSSR count). The van der Waals surface area contributed by atoms with Crippen molar-refractivity contribution in [3.05, 3.63) is 24.3 Å². The maximum absolute atomic E-state index is 13.0. The van der Waals surface area contributed by atoms with E-state index in [1.807, 2.05) is 21.1 Å². The zero-order chi connectivity index (χ0) is 69.7. The molecule has 0 aliphatic heterocycles. The topological polar surface area (TPSA) is 108 Å². The standard InChI is InChI=1S/C87H167NO8/c1-6-8-10-12-14-16-18-20-22-24-26-28-30-32-34-36-38-40-41-42-43-44-46-47-49-51-53-55-57-59-61-63-65-67-69-71-73-75-77-84(89)94-81-83(82-95-87(86(91)92)93-80-79-88(3,4)5)96-85(90)78-76-74-72-70-68-66-64-62-60-58-56-54-52-50-48-45-39-37-35-33-31-29-27-25-23-21-19-17-15-13-11-9-7-2/h19,21,25,27,83,87H,6-18,20,22-24,26,28-82H2,1-5H3/p+1/b21-19-,27-25-. The third-order valence-electron chi connectivity index (χ3n) is 20.0. The number of unbranched alkanes of at least 4 members (excludes halogenated alkanes) is 63. The van der Waals surface area contributed by atoms with Gasteiger partial charge in [0.25, 0.3) is 6.29 Å². The van der Waals surface area contributed by atoms with Crippen LogP contribution in [-0.2, 0) is 33.3 Å². The maximum Gasteiger partial charge on any atom is 0.361 e. The molecular weight excluding hydrogens is 1190 g/mol. The van der Waals surface area contributed by atoms with Gasteiger partial charge >= 0.3 is 17.9 Å². The third-order valence-corrected chi connectivity index (χ3v) is 20.0. The van der Waals surface area contributed by atoms with E-state index in [-0.39, 0.29) is 38.2 Å². The Bertz CT molecular complexity index is 1630. The highest BCUT2D eigenvalue weighted by Crippen LogP contribution is 2.21. The summed E-state index contributed by atoms with van der Waals surface area (Å²) >= 11 is 0. The minimum absolute atomic E-state index is 0.174. The Morgan fingerprint density at radius 1 is 0.312 bits per heavy atom. The van der Waals surface area contributed by atoms with Crippen molar-refractivity contribution >= 4 is 17.9 Å². The second-order valence-corrected chi connectivity index (χ2v) is 30.9. The Hall–Kier alpha value is -2.23. The highest BCUT2D eigenvalue weighted by atomic mass is 16.7. The smallest absolute Gasteiger partial charge is 0.361 e. The number of esters is 2. The number of quaternary nitrogens is 1. The number of carboxylic acid groups (broad SMARTS) is 1. The molecule has 0 amide bonds. The van der Waals surface area contributed by atoms with Crippen molar-refractivity contribution in [1.29, 1.82) is 0 Å². The van der Waals surface area contributed by atoms with Crippen molar-refractivity contribution in [2.24, 2.45) is 0 Å². The zero-order valence-corrected chi connectivity index (χ0v) is 65.3. The average Bonchev–Trinajstić information content (AvgIpc) is 2.40. The number of hydrogen-bond acceptors (Lipinski definition) is 7. The van der Waals surface area contributed by atoms with Crippen molar-refractivity contribution in [1.82, 2.24) is 0 Å². The normalized spacial score (nSPS) is 12.6. The SMILES string of the molecule is CCCCCCC/C=C\C/C=C\CCCCCCCCCCCCCCCCCCCCCCCC(=O)OC(COC(=O)CCCCCCCCCCCCCCCCCCCCCCCCCCCCCCCCCCCCCCCC)COC(OCC[N+](C)(C)C)C(=O)O. The van der Waals surface area contributed by atoms with Gasteiger partial charge in [-0.2, -0.15) is 0 Å². The number of hydrogen-bond donors (Lipinski definition) is 1. The molecule has 568 valence electrons. The predicted octanol–water partition coefficient (Wildman–Crippen LogP) is 27.7. The van der Waals surface area contributed by atoms with Crippen molar-refractivity contribution in [2.45, 2.75) is 469 Å². The van der Waals surface area contributed by atoms with Crippen molar-refractivity contribution in [3.63, 3.8) is 0 Å². The Kier molecular flexibility index (Phi) is 76.7. The Balaban J connectivity index is 3.91. The van der Waals surface area contributed by atoms with Gasteiger partial charge in [0.2, 0.25) is 0 Å². The monoisotopic (exact) mass is 1360 g/mol. The summed E-state index contributed by atoms with van der Waals surface area (Å²) in [5.41, 5.74) is 0. The van der Waals surface area contributed by atoms with Crippen LogP contribution in [0.2, 0.25) is 0 Å². The van der Waals surface area contributed by atoms with Crippen LogP contribution >= 0.6 is 0 Å². The number of aliphatic carboxylic acids is 1. The molecule has 9 heteroatoms. The van der Waals surface area contributed by atoms with E-state index in [9.17, 15) is 19.5 Å². The van der Waals surface area contributed by atoms with Crippen LogP contribution in [-0.4, -0.2) is 87.4 Å². The molecule has 0 saturated heterocycles. The van der Waals surface area contributed by atoms with Gasteiger partial charge in [0.15, 0.2) is 6.10 Å². The van der Waals surface area contributed by atoms with Gasteiger partial charge in [0, 0.05) is 12.8 Å². The van der Waals surface area contributed by atoms with Crippen LogP contribution in [0.1, 0.15) is 457 Å². The van der Waals surface area contributed by atoms with Crippen LogP contribution in [0.3, 0.4) is 0 Å². The van der Waals surface area contributed by atoms with Crippen molar-refractivity contribution in [2.75, 3.05) is 47.5 Å². The lowest BCUT2D eigenvalue weighted by Gasteiger charge is -2.25. The summed E-state index contributed by atoms with van der Waals surface area (Å²) in [5.74, 6) is -1.96. The fourth-order valence-electron chi connectivity index (χ4n) is 13.4. The molecule has 0 aromatic rings. The first-order valence-corrected chi connectivity index (χ1v) is 43.0. The molecular formula is C87H168NO8+. The Morgan fingerprint density at radius 2 is 0.562 bits per heavy atom. The van der Waals surface area contributed by atoms with E-state index in [4.69, 9.17) is 18.9 Å². The number of rotatable bonds is 82. The maximum atomic E-state index is 13.0. The van der Waals surface area contributed by atoms with Crippen molar-refractivity contribution in [3.8, 4) is 0 Å². The van der Waals surface area contributed by atoms with Gasteiger partial charge in [0.05, 0.1) is 34.4 Å². The molecule has 0 fully saturated rings. The quantitative estimate of drug-likeness (QED) is 0.0211. The van der Waals surface area contributed by atoms with E-state index < -0.39 is 18.4 Å². The number of ether oxygens (including phenoxy) is 4. The van der Waals surface area contributed by atoms with Crippen LogP contribution in [0.5, 0.6) is 0 Å². The molecule has 0 spiro atoms. The molecule has 9 nitrogen and oxygen atoms in total. The van der Waals surface area contributed by atoms with E-state index in [2.05, 4.69) is 38.2 Å². The average molecular weight is 1360 g/mol. The Labute approximate surface area is 598 Å². The van der Waals surface area contributed by atoms with E-state index in [0.717, 1.165) is 44.9 Å². The van der Waals surface area contributed by atoms with Crippen LogP contribution in [0.25, 0.3) is 0 Å². The number of carbonyl (C=O) groups excluding carboxylic acids is 2. The molecule has 0 bridgehead atoms. The Morgan fingerprint density at radius 3 is 0.823 bits per heavy atom. The summed E-state index contributed by atoms with van der Waals surface area (Å²) in [6.07, 6.45) is 98.0. The highest BCUT2D eigenvalue weighted by molar-refractivity contribution is 5.71. The fourth-order valence-corrected chi connectivity index (χ4v) is 13.4. The van der Waals surface area contributed by atoms with E-state index in [1.165, 1.54) is 385 Å². The fraction of sp³-hybridized carbons (Fsp3) is 0.920. The van der Waals surface area contributed by atoms with Crippen LogP contribution < -0.4 is 0 Å². The lowest BCUT2D eigenvalue weighted by molar-refractivity contribution is -0.870. The first kappa shape index (κ1) is 93.8. The number of likely N-dealkylation sites (N-methyl/N-ethyl adjacent to an activating group) is 1. The van der Waals surface area contributed by atoms with Crippen LogP contribution in [0, 0.1) is 0 Å². The van der Waals surface area contributed by atoms with Gasteiger partial charge in [0.1, 0.15) is 13.2 Å². The van der Waals surface area contributed by atoms with Crippen LogP contribution in [0.15, 0.2) is 24.3 Å². The van der Waals surface area contributed by atoms with Gasteiger partial charge in [-0.25, -0.2) is 4.79 Å². The van der Waals surface area contributed by atoms with Gasteiger partial charge in [-0.1, -0.05) is 423 Å². The molecule has 0 aromatic carbocycles. The minimum atomic E-state index is -1.51. The number of carbonyl (C=O) groups is 3. The molecule has 2 atom stereocenters. The lowest BCUT2D eigenvalue weighted by Crippen LogP contribution is -2.40. The largest absolute Gasteiger partial charge is 0.477 e. The molecule has 96 heavy (non-hydrogen) atoms. The lowest BCUT2D eigenvalue weighted by atomic mass is 10.0. The number of allylic oxidation sites excluding steroid dienone is 4. The van der Waals surface area contributed by atoms with E-state index in [0.29, 0.717) is 17.4 Å².